The molecule has 2 aliphatic heterocycles. The molecule has 0 atom stereocenters. The van der Waals surface area contributed by atoms with Gasteiger partial charge >= 0.3 is 20.2 Å². The number of carbonyl (C=O) groups is 4. The summed E-state index contributed by atoms with van der Waals surface area (Å²) < 4.78 is 60.5. The van der Waals surface area contributed by atoms with Crippen molar-refractivity contribution < 1.29 is 44.6 Å². The molecule has 5 rings (SSSR count). The van der Waals surface area contributed by atoms with Crippen molar-refractivity contribution in [3.8, 4) is 0 Å². The van der Waals surface area contributed by atoms with E-state index in [1.54, 1.807) is 0 Å². The predicted molar refractivity (Wildman–Crippen MR) is 137 cm³/mol. The summed E-state index contributed by atoms with van der Waals surface area (Å²) in [6.45, 7) is 0. The molecule has 2 heterocycles. The zero-order valence-electron chi connectivity index (χ0n) is 18.7. The fourth-order valence-corrected chi connectivity index (χ4v) is 8.31. The van der Waals surface area contributed by atoms with E-state index in [0.29, 0.717) is 0 Å². The second-order valence-corrected chi connectivity index (χ2v) is 13.9. The average molecular weight is 713 g/mol. The Hall–Kier alpha value is -1.72. The van der Waals surface area contributed by atoms with Crippen LogP contribution in [-0.2, 0) is 48.0 Å². The smallest absolute Gasteiger partial charge is 0.272 e. The van der Waals surface area contributed by atoms with Gasteiger partial charge in [0.15, 0.2) is 0 Å². The first kappa shape index (κ1) is 29.8. The maximum Gasteiger partial charge on any atom is 0.319 e. The van der Waals surface area contributed by atoms with Gasteiger partial charge in [0.2, 0.25) is 0 Å². The van der Waals surface area contributed by atoms with E-state index in [4.69, 9.17) is 78.2 Å². The Labute approximate surface area is 254 Å². The highest BCUT2D eigenvalue weighted by molar-refractivity contribution is 7.87. The third-order valence-electron chi connectivity index (χ3n) is 6.32. The van der Waals surface area contributed by atoms with Gasteiger partial charge in [-0.25, -0.2) is 0 Å². The summed E-state index contributed by atoms with van der Waals surface area (Å²) in [6, 6.07) is 3.65. The van der Waals surface area contributed by atoms with E-state index in [1.165, 1.54) is 0 Å². The summed E-state index contributed by atoms with van der Waals surface area (Å²) in [5.74, 6) is -11.2. The summed E-state index contributed by atoms with van der Waals surface area (Å²) in [6.07, 6.45) is 0. The van der Waals surface area contributed by atoms with Crippen LogP contribution in [0, 0.1) is 23.7 Å². The normalized spacial score (nSPS) is 24.4. The second kappa shape index (κ2) is 9.93. The lowest BCUT2D eigenvalue weighted by Gasteiger charge is -2.35. The standard InChI is InChI=1S/C20H8Cl6N2O10S2/c21-5-1-9(25)11(3-7(5)23)39(33,34)37-27-17(29)13-14(18(27)30)16-15(13)19(31)28(20(16)32)38-40(35,36)12-4-8(24)6(22)2-10(12)26/h1-4,13-16H. The summed E-state index contributed by atoms with van der Waals surface area (Å²) in [4.78, 5) is 50.4. The molecule has 3 fully saturated rings. The van der Waals surface area contributed by atoms with Crippen LogP contribution in [0.5, 0.6) is 0 Å². The maximum absolute atomic E-state index is 13.0. The number of hydrogen-bond donors (Lipinski definition) is 0. The number of nitrogens with zero attached hydrogens (tertiary/aromatic N) is 2. The molecule has 1 aliphatic carbocycles. The van der Waals surface area contributed by atoms with Crippen molar-refractivity contribution in [1.29, 1.82) is 0 Å². The highest BCUT2D eigenvalue weighted by Crippen LogP contribution is 2.57. The molecule has 12 nitrogen and oxygen atoms in total. The zero-order valence-corrected chi connectivity index (χ0v) is 24.8. The quantitative estimate of drug-likeness (QED) is 0.319. The Kier molecular flexibility index (Phi) is 7.39. The van der Waals surface area contributed by atoms with Crippen LogP contribution in [0.3, 0.4) is 0 Å². The Morgan fingerprint density at radius 1 is 0.475 bits per heavy atom. The van der Waals surface area contributed by atoms with Crippen LogP contribution in [0.25, 0.3) is 0 Å². The predicted octanol–water partition coefficient (Wildman–Crippen LogP) is 3.76. The van der Waals surface area contributed by atoms with Crippen molar-refractivity contribution in [2.45, 2.75) is 9.79 Å². The van der Waals surface area contributed by atoms with Gasteiger partial charge in [0, 0.05) is 0 Å². The lowest BCUT2D eigenvalue weighted by molar-refractivity contribution is -0.169. The number of carbonyl (C=O) groups excluding carboxylic acids is 4. The fourth-order valence-electron chi connectivity index (χ4n) is 4.55. The van der Waals surface area contributed by atoms with Crippen LogP contribution in [0.1, 0.15) is 0 Å². The van der Waals surface area contributed by atoms with Crippen LogP contribution < -0.4 is 0 Å². The van der Waals surface area contributed by atoms with E-state index >= 15 is 0 Å². The minimum absolute atomic E-state index is 0.0861. The molecule has 0 unspecified atom stereocenters. The van der Waals surface area contributed by atoms with Crippen LogP contribution in [0.15, 0.2) is 34.1 Å². The molecule has 2 aromatic carbocycles. The lowest BCUT2D eigenvalue weighted by atomic mass is 9.59. The van der Waals surface area contributed by atoms with E-state index in [2.05, 4.69) is 0 Å². The molecular weight excluding hydrogens is 705 g/mol. The third-order valence-corrected chi connectivity index (χ3v) is 11.1. The van der Waals surface area contributed by atoms with E-state index in [0.717, 1.165) is 24.3 Å². The molecule has 0 bridgehead atoms. The van der Waals surface area contributed by atoms with Gasteiger partial charge < -0.3 is 0 Å². The number of imide groups is 2. The van der Waals surface area contributed by atoms with Crippen LogP contribution in [0.2, 0.25) is 30.1 Å². The fraction of sp³-hybridized carbons (Fsp3) is 0.200. The first-order valence-electron chi connectivity index (χ1n) is 10.4. The lowest BCUT2D eigenvalue weighted by Crippen LogP contribution is -2.50. The van der Waals surface area contributed by atoms with Gasteiger partial charge in [0.1, 0.15) is 9.79 Å². The molecule has 0 spiro atoms. The summed E-state index contributed by atoms with van der Waals surface area (Å²) in [5, 5.41) is -1.69. The van der Waals surface area contributed by atoms with E-state index in [9.17, 15) is 36.0 Å². The topological polar surface area (TPSA) is 161 Å². The first-order chi connectivity index (χ1) is 18.5. The van der Waals surface area contributed by atoms with Crippen LogP contribution >= 0.6 is 69.6 Å². The average Bonchev–Trinajstić information content (AvgIpc) is 3.13. The Morgan fingerprint density at radius 3 is 1.00 bits per heavy atom. The molecule has 0 radical (unpaired) electrons. The maximum atomic E-state index is 13.0. The molecule has 2 aromatic rings. The van der Waals surface area contributed by atoms with Crippen LogP contribution in [0.4, 0.5) is 0 Å². The second-order valence-electron chi connectivity index (χ2n) is 8.50. The largest absolute Gasteiger partial charge is 0.319 e. The van der Waals surface area contributed by atoms with E-state index in [-0.39, 0.29) is 30.2 Å². The molecular formula is C20H8Cl6N2O10S2. The van der Waals surface area contributed by atoms with Gasteiger partial charge in [0.25, 0.3) is 23.6 Å². The SMILES string of the molecule is O=C1C2C(C(=O)N1OS(=O)(=O)c1cc(Cl)c(Cl)cc1Cl)C1C(=O)N(OS(=O)(=O)c3cc(Cl)c(Cl)cc3Cl)C(=O)C21. The Bertz CT molecular complexity index is 1610. The minimum Gasteiger partial charge on any atom is -0.272 e. The summed E-state index contributed by atoms with van der Waals surface area (Å²) in [5.41, 5.74) is 0. The number of hydroxylamine groups is 4. The van der Waals surface area contributed by atoms with E-state index in [1.807, 2.05) is 0 Å². The molecule has 0 N–H and O–H groups in total. The molecule has 40 heavy (non-hydrogen) atoms. The van der Waals surface area contributed by atoms with Crippen molar-refractivity contribution >= 4 is 113 Å². The number of benzene rings is 2. The molecule has 4 amide bonds. The highest BCUT2D eigenvalue weighted by atomic mass is 35.5. The van der Waals surface area contributed by atoms with Crippen molar-refractivity contribution in [2.24, 2.45) is 23.7 Å². The summed E-state index contributed by atoms with van der Waals surface area (Å²) in [7, 11) is -9.87. The van der Waals surface area contributed by atoms with Gasteiger partial charge in [-0.1, -0.05) is 69.6 Å². The summed E-state index contributed by atoms with van der Waals surface area (Å²) >= 11 is 35.0. The minimum atomic E-state index is -4.93. The zero-order chi connectivity index (χ0) is 29.6. The molecule has 0 aromatic heterocycles. The van der Waals surface area contributed by atoms with E-state index < -0.39 is 87.4 Å². The molecule has 212 valence electrons. The third kappa shape index (κ3) is 4.49. The van der Waals surface area contributed by atoms with Gasteiger partial charge in [0.05, 0.1) is 53.8 Å². The van der Waals surface area contributed by atoms with Crippen molar-refractivity contribution in [2.75, 3.05) is 0 Å². The Morgan fingerprint density at radius 2 is 0.725 bits per heavy atom. The molecule has 3 aliphatic rings. The number of amides is 4. The highest BCUT2D eigenvalue weighted by Gasteiger charge is 2.75. The van der Waals surface area contributed by atoms with Gasteiger partial charge in [-0.2, -0.15) is 16.8 Å². The van der Waals surface area contributed by atoms with Gasteiger partial charge in [-0.15, -0.1) is 18.7 Å². The molecule has 1 saturated carbocycles. The van der Waals surface area contributed by atoms with Gasteiger partial charge in [-0.3, -0.25) is 19.2 Å². The number of hydrogen-bond acceptors (Lipinski definition) is 10. The van der Waals surface area contributed by atoms with Crippen molar-refractivity contribution in [1.82, 2.24) is 10.1 Å². The number of fused-ring (bicyclic) bond motifs is 4. The van der Waals surface area contributed by atoms with Crippen molar-refractivity contribution in [3.05, 3.63) is 54.4 Å². The van der Waals surface area contributed by atoms with Crippen LogP contribution in [-0.4, -0.2) is 50.6 Å². The monoisotopic (exact) mass is 710 g/mol. The molecule has 20 heteroatoms. The Balaban J connectivity index is 1.39. The number of rotatable bonds is 6. The van der Waals surface area contributed by atoms with Crippen molar-refractivity contribution in [3.63, 3.8) is 0 Å². The molecule has 2 saturated heterocycles. The number of halogens is 6. The van der Waals surface area contributed by atoms with Gasteiger partial charge in [-0.05, 0) is 24.3 Å². The first-order valence-corrected chi connectivity index (χ1v) is 15.5.